The maximum Gasteiger partial charge on any atom is 0.333 e. The molecule has 2 nitrogen and oxygen atoms in total. The third kappa shape index (κ3) is 6.04. The third-order valence-corrected chi connectivity index (χ3v) is 2.46. The Morgan fingerprint density at radius 3 is 2.67 bits per heavy atom. The average molecular weight is 244 g/mol. The Kier molecular flexibility index (Phi) is 6.55. The van der Waals surface area contributed by atoms with E-state index in [1.807, 2.05) is 18.2 Å². The summed E-state index contributed by atoms with van der Waals surface area (Å²) in [5.41, 5.74) is 1.67. The Hall–Kier alpha value is -1.83. The van der Waals surface area contributed by atoms with E-state index in [0.29, 0.717) is 12.2 Å². The van der Waals surface area contributed by atoms with E-state index < -0.39 is 0 Å². The van der Waals surface area contributed by atoms with Crippen molar-refractivity contribution in [2.45, 2.75) is 26.2 Å². The number of hydrogen-bond acceptors (Lipinski definition) is 2. The summed E-state index contributed by atoms with van der Waals surface area (Å²) >= 11 is 0. The third-order valence-electron chi connectivity index (χ3n) is 2.46. The molecule has 0 atom stereocenters. The zero-order chi connectivity index (χ0) is 13.2. The second-order valence-corrected chi connectivity index (χ2v) is 4.23. The van der Waals surface area contributed by atoms with Crippen LogP contribution in [0.3, 0.4) is 0 Å². The molecule has 1 rings (SSSR count). The first kappa shape index (κ1) is 14.2. The number of ether oxygens (including phenoxy) is 1. The largest absolute Gasteiger partial charge is 0.462 e. The highest BCUT2D eigenvalue weighted by Gasteiger charge is 2.01. The molecule has 0 radical (unpaired) electrons. The quantitative estimate of drug-likeness (QED) is 0.412. The van der Waals surface area contributed by atoms with Crippen molar-refractivity contribution in [1.82, 2.24) is 0 Å². The second-order valence-electron chi connectivity index (χ2n) is 4.23. The van der Waals surface area contributed by atoms with Gasteiger partial charge in [0, 0.05) is 5.57 Å². The van der Waals surface area contributed by atoms with Crippen LogP contribution in [0.2, 0.25) is 0 Å². The van der Waals surface area contributed by atoms with E-state index >= 15 is 0 Å². The van der Waals surface area contributed by atoms with Crippen molar-refractivity contribution < 1.29 is 9.53 Å². The Morgan fingerprint density at radius 1 is 1.28 bits per heavy atom. The van der Waals surface area contributed by atoms with Gasteiger partial charge >= 0.3 is 5.97 Å². The van der Waals surface area contributed by atoms with Crippen LogP contribution in [0.1, 0.15) is 31.7 Å². The predicted molar refractivity (Wildman–Crippen MR) is 75.1 cm³/mol. The lowest BCUT2D eigenvalue weighted by Crippen LogP contribution is -2.05. The van der Waals surface area contributed by atoms with Gasteiger partial charge < -0.3 is 4.74 Å². The molecule has 0 aliphatic heterocycles. The minimum Gasteiger partial charge on any atom is -0.462 e. The highest BCUT2D eigenvalue weighted by atomic mass is 16.5. The number of hydrogen-bond donors (Lipinski definition) is 0. The lowest BCUT2D eigenvalue weighted by molar-refractivity contribution is -0.139. The first-order valence-electron chi connectivity index (χ1n) is 6.24. The lowest BCUT2D eigenvalue weighted by atomic mass is 10.2. The summed E-state index contributed by atoms with van der Waals surface area (Å²) in [5, 5.41) is 0. The predicted octanol–water partition coefficient (Wildman–Crippen LogP) is 3.99. The van der Waals surface area contributed by atoms with Crippen molar-refractivity contribution in [3.05, 3.63) is 54.1 Å². The highest BCUT2D eigenvalue weighted by Crippen LogP contribution is 2.04. The zero-order valence-corrected chi connectivity index (χ0v) is 10.9. The minimum absolute atomic E-state index is 0.296. The number of carbonyl (C=O) groups is 1. The summed E-state index contributed by atoms with van der Waals surface area (Å²) in [6.45, 7) is 5.67. The molecule has 0 aliphatic rings. The van der Waals surface area contributed by atoms with E-state index in [9.17, 15) is 4.79 Å². The van der Waals surface area contributed by atoms with Gasteiger partial charge in [0.15, 0.2) is 0 Å². The van der Waals surface area contributed by atoms with E-state index in [0.717, 1.165) is 19.3 Å². The van der Waals surface area contributed by atoms with Crippen molar-refractivity contribution >= 4 is 12.0 Å². The zero-order valence-electron chi connectivity index (χ0n) is 10.9. The van der Waals surface area contributed by atoms with Gasteiger partial charge in [-0.25, -0.2) is 4.79 Å². The Balaban J connectivity index is 2.07. The van der Waals surface area contributed by atoms with Crippen LogP contribution >= 0.6 is 0 Å². The van der Waals surface area contributed by atoms with Gasteiger partial charge in [-0.15, -0.1) is 0 Å². The Morgan fingerprint density at radius 2 is 2.00 bits per heavy atom. The molecule has 0 bridgehead atoms. The van der Waals surface area contributed by atoms with Crippen molar-refractivity contribution in [3.8, 4) is 0 Å². The second kappa shape index (κ2) is 8.29. The molecule has 0 heterocycles. The lowest BCUT2D eigenvalue weighted by Gasteiger charge is -2.02. The van der Waals surface area contributed by atoms with Gasteiger partial charge in [-0.2, -0.15) is 0 Å². The molecule has 0 saturated carbocycles. The summed E-state index contributed by atoms with van der Waals surface area (Å²) in [4.78, 5) is 11.1. The monoisotopic (exact) mass is 244 g/mol. The van der Waals surface area contributed by atoms with E-state index in [2.05, 4.69) is 30.9 Å². The molecule has 1 aromatic carbocycles. The van der Waals surface area contributed by atoms with Gasteiger partial charge in [-0.1, -0.05) is 49.1 Å². The fourth-order valence-electron chi connectivity index (χ4n) is 1.44. The number of rotatable bonds is 7. The summed E-state index contributed by atoms with van der Waals surface area (Å²) in [7, 11) is 0. The number of allylic oxidation sites excluding steroid dienone is 1. The molecule has 0 amide bonds. The Labute approximate surface area is 109 Å². The maximum atomic E-state index is 11.1. The van der Waals surface area contributed by atoms with E-state index in [-0.39, 0.29) is 5.97 Å². The fourth-order valence-corrected chi connectivity index (χ4v) is 1.44. The normalized spacial score (nSPS) is 10.5. The smallest absolute Gasteiger partial charge is 0.333 e. The highest BCUT2D eigenvalue weighted by molar-refractivity contribution is 5.86. The molecule has 2 heteroatoms. The molecular formula is C16H20O2. The molecule has 0 spiro atoms. The molecule has 0 aliphatic carbocycles. The van der Waals surface area contributed by atoms with E-state index in [4.69, 9.17) is 4.74 Å². The molecule has 96 valence electrons. The van der Waals surface area contributed by atoms with Crippen LogP contribution in [0.5, 0.6) is 0 Å². The average Bonchev–Trinajstić information content (AvgIpc) is 2.38. The van der Waals surface area contributed by atoms with Crippen LogP contribution in [0.4, 0.5) is 0 Å². The van der Waals surface area contributed by atoms with Gasteiger partial charge in [0.2, 0.25) is 0 Å². The van der Waals surface area contributed by atoms with Gasteiger partial charge in [0.25, 0.3) is 0 Å². The number of unbranched alkanes of at least 4 members (excludes halogenated alkanes) is 2. The van der Waals surface area contributed by atoms with Crippen LogP contribution in [0.15, 0.2) is 48.6 Å². The van der Waals surface area contributed by atoms with Crippen LogP contribution in [0.25, 0.3) is 6.08 Å². The SMILES string of the molecule is C=C(C)C(=O)OCCCCC=Cc1ccccc1. The summed E-state index contributed by atoms with van der Waals surface area (Å²) in [6.07, 6.45) is 7.17. The first-order valence-corrected chi connectivity index (χ1v) is 6.24. The van der Waals surface area contributed by atoms with Crippen LogP contribution in [-0.4, -0.2) is 12.6 Å². The number of esters is 1. The van der Waals surface area contributed by atoms with Gasteiger partial charge in [-0.05, 0) is 31.7 Å². The molecule has 0 aromatic heterocycles. The van der Waals surface area contributed by atoms with Gasteiger partial charge in [-0.3, -0.25) is 0 Å². The van der Waals surface area contributed by atoms with E-state index in [1.54, 1.807) is 6.92 Å². The van der Waals surface area contributed by atoms with Crippen molar-refractivity contribution in [1.29, 1.82) is 0 Å². The molecule has 18 heavy (non-hydrogen) atoms. The topological polar surface area (TPSA) is 26.3 Å². The van der Waals surface area contributed by atoms with Gasteiger partial charge in [0.05, 0.1) is 6.61 Å². The summed E-state index contributed by atoms with van der Waals surface area (Å²) in [6, 6.07) is 10.2. The molecule has 1 aromatic rings. The Bertz CT molecular complexity index is 404. The minimum atomic E-state index is -0.296. The van der Waals surface area contributed by atoms with Crippen molar-refractivity contribution in [3.63, 3.8) is 0 Å². The number of benzene rings is 1. The van der Waals surface area contributed by atoms with Crippen molar-refractivity contribution in [2.75, 3.05) is 6.61 Å². The number of carbonyl (C=O) groups excluding carboxylic acids is 1. The molecule has 0 saturated heterocycles. The standard InChI is InChI=1S/C16H20O2/c1-14(2)16(17)18-13-9-4-3-6-10-15-11-7-5-8-12-15/h5-8,10-12H,1,3-4,9,13H2,2H3. The van der Waals surface area contributed by atoms with E-state index in [1.165, 1.54) is 5.56 Å². The maximum absolute atomic E-state index is 11.1. The first-order chi connectivity index (χ1) is 8.70. The van der Waals surface area contributed by atoms with Crippen LogP contribution < -0.4 is 0 Å². The molecular weight excluding hydrogens is 224 g/mol. The van der Waals surface area contributed by atoms with Crippen LogP contribution in [0, 0.1) is 0 Å². The molecule has 0 fully saturated rings. The van der Waals surface area contributed by atoms with Crippen LogP contribution in [-0.2, 0) is 9.53 Å². The molecule has 0 unspecified atom stereocenters. The van der Waals surface area contributed by atoms with Crippen molar-refractivity contribution in [2.24, 2.45) is 0 Å². The van der Waals surface area contributed by atoms with Gasteiger partial charge in [0.1, 0.15) is 0 Å². The summed E-state index contributed by atoms with van der Waals surface area (Å²) in [5.74, 6) is -0.296. The summed E-state index contributed by atoms with van der Waals surface area (Å²) < 4.78 is 5.01. The fraction of sp³-hybridized carbons (Fsp3) is 0.312. The molecule has 0 N–H and O–H groups in total.